The van der Waals surface area contributed by atoms with Crippen LogP contribution in [0.3, 0.4) is 0 Å². The van der Waals surface area contributed by atoms with Gasteiger partial charge in [-0.15, -0.1) is 0 Å². The summed E-state index contributed by atoms with van der Waals surface area (Å²) in [7, 11) is 0. The molecule has 0 unspecified atom stereocenters. The first-order valence-corrected chi connectivity index (χ1v) is 6.33. The Hall–Kier alpha value is -1.34. The Labute approximate surface area is 124 Å². The van der Waals surface area contributed by atoms with Crippen molar-refractivity contribution < 1.29 is 4.39 Å². The van der Waals surface area contributed by atoms with Gasteiger partial charge in [0.15, 0.2) is 0 Å². The SMILES string of the molecule is N#CCc1cnc(-c2c(Cl)ccc(Cl)c2Cl)c(F)c1. The van der Waals surface area contributed by atoms with Gasteiger partial charge in [-0.2, -0.15) is 5.26 Å². The van der Waals surface area contributed by atoms with Crippen molar-refractivity contribution in [1.29, 1.82) is 5.26 Å². The lowest BCUT2D eigenvalue weighted by Crippen LogP contribution is -1.94. The molecule has 96 valence electrons. The Bertz CT molecular complexity index is 680. The van der Waals surface area contributed by atoms with Gasteiger partial charge in [0.1, 0.15) is 11.5 Å². The van der Waals surface area contributed by atoms with Gasteiger partial charge in [-0.05, 0) is 23.8 Å². The summed E-state index contributed by atoms with van der Waals surface area (Å²) < 4.78 is 14.0. The number of pyridine rings is 1. The number of rotatable bonds is 2. The Morgan fingerprint density at radius 3 is 2.53 bits per heavy atom. The Kier molecular flexibility index (Phi) is 4.26. The number of halogens is 4. The second-order valence-electron chi connectivity index (χ2n) is 3.73. The van der Waals surface area contributed by atoms with E-state index in [1.54, 1.807) is 0 Å². The third kappa shape index (κ3) is 2.82. The molecule has 1 heterocycles. The van der Waals surface area contributed by atoms with E-state index in [4.69, 9.17) is 40.1 Å². The largest absolute Gasteiger partial charge is 0.253 e. The van der Waals surface area contributed by atoms with Gasteiger partial charge >= 0.3 is 0 Å². The summed E-state index contributed by atoms with van der Waals surface area (Å²) in [4.78, 5) is 3.98. The zero-order valence-electron chi connectivity index (χ0n) is 9.42. The van der Waals surface area contributed by atoms with Gasteiger partial charge in [-0.3, -0.25) is 4.98 Å². The highest BCUT2D eigenvalue weighted by Crippen LogP contribution is 2.39. The third-order valence-corrected chi connectivity index (χ3v) is 3.58. The lowest BCUT2D eigenvalue weighted by molar-refractivity contribution is 0.624. The van der Waals surface area contributed by atoms with Crippen LogP contribution < -0.4 is 0 Å². The summed E-state index contributed by atoms with van der Waals surface area (Å²) in [6, 6.07) is 6.21. The molecule has 0 radical (unpaired) electrons. The lowest BCUT2D eigenvalue weighted by Gasteiger charge is -2.09. The summed E-state index contributed by atoms with van der Waals surface area (Å²) in [5, 5.41) is 9.23. The molecule has 1 aromatic carbocycles. The van der Waals surface area contributed by atoms with E-state index in [-0.39, 0.29) is 32.7 Å². The first-order valence-electron chi connectivity index (χ1n) is 5.20. The van der Waals surface area contributed by atoms with E-state index in [9.17, 15) is 4.39 Å². The van der Waals surface area contributed by atoms with Crippen molar-refractivity contribution in [2.45, 2.75) is 6.42 Å². The molecule has 0 fully saturated rings. The molecule has 0 saturated heterocycles. The molecule has 2 rings (SSSR count). The molecule has 1 aromatic heterocycles. The van der Waals surface area contributed by atoms with Crippen molar-refractivity contribution in [2.75, 3.05) is 0 Å². The van der Waals surface area contributed by atoms with Crippen molar-refractivity contribution in [2.24, 2.45) is 0 Å². The Morgan fingerprint density at radius 1 is 1.21 bits per heavy atom. The monoisotopic (exact) mass is 314 g/mol. The van der Waals surface area contributed by atoms with Crippen LogP contribution in [0.1, 0.15) is 5.56 Å². The highest BCUT2D eigenvalue weighted by Gasteiger charge is 2.17. The second-order valence-corrected chi connectivity index (χ2v) is 4.92. The number of hydrogen-bond acceptors (Lipinski definition) is 2. The topological polar surface area (TPSA) is 36.7 Å². The molecule has 0 saturated carbocycles. The van der Waals surface area contributed by atoms with Crippen molar-refractivity contribution in [3.63, 3.8) is 0 Å². The molecule has 19 heavy (non-hydrogen) atoms. The number of hydrogen-bond donors (Lipinski definition) is 0. The van der Waals surface area contributed by atoms with Crippen LogP contribution in [-0.4, -0.2) is 4.98 Å². The van der Waals surface area contributed by atoms with Gasteiger partial charge in [0.25, 0.3) is 0 Å². The third-order valence-electron chi connectivity index (χ3n) is 2.46. The van der Waals surface area contributed by atoms with Crippen molar-refractivity contribution in [3.8, 4) is 17.3 Å². The van der Waals surface area contributed by atoms with Crippen LogP contribution in [-0.2, 0) is 6.42 Å². The molecule has 0 aliphatic heterocycles. The molecule has 2 aromatic rings. The van der Waals surface area contributed by atoms with Gasteiger partial charge in [0.05, 0.1) is 27.6 Å². The fraction of sp³-hybridized carbons (Fsp3) is 0.0769. The molecular weight excluding hydrogens is 310 g/mol. The maximum absolute atomic E-state index is 14.0. The Morgan fingerprint density at radius 2 is 1.89 bits per heavy atom. The predicted molar refractivity (Wildman–Crippen MR) is 74.0 cm³/mol. The summed E-state index contributed by atoms with van der Waals surface area (Å²) in [5.74, 6) is -0.598. The average molecular weight is 316 g/mol. The highest BCUT2D eigenvalue weighted by atomic mass is 35.5. The van der Waals surface area contributed by atoms with Crippen LogP contribution >= 0.6 is 34.8 Å². The van der Waals surface area contributed by atoms with E-state index in [1.807, 2.05) is 6.07 Å². The molecular formula is C13H6Cl3FN2. The first-order chi connectivity index (χ1) is 9.04. The lowest BCUT2D eigenvalue weighted by atomic mass is 10.1. The summed E-state index contributed by atoms with van der Waals surface area (Å²) in [6.45, 7) is 0. The molecule has 0 N–H and O–H groups in total. The van der Waals surface area contributed by atoms with E-state index in [1.165, 1.54) is 24.4 Å². The van der Waals surface area contributed by atoms with E-state index in [2.05, 4.69) is 4.98 Å². The van der Waals surface area contributed by atoms with Crippen molar-refractivity contribution in [1.82, 2.24) is 4.98 Å². The average Bonchev–Trinajstić information content (AvgIpc) is 2.37. The quantitative estimate of drug-likeness (QED) is 0.738. The second kappa shape index (κ2) is 5.75. The zero-order chi connectivity index (χ0) is 14.0. The number of benzene rings is 1. The van der Waals surface area contributed by atoms with Crippen molar-refractivity contribution >= 4 is 34.8 Å². The molecule has 0 aliphatic rings. The fourth-order valence-electron chi connectivity index (χ4n) is 1.59. The van der Waals surface area contributed by atoms with Crippen LogP contribution in [0.5, 0.6) is 0 Å². The van der Waals surface area contributed by atoms with Gasteiger partial charge in [0.2, 0.25) is 0 Å². The molecule has 0 spiro atoms. The fourth-order valence-corrected chi connectivity index (χ4v) is 2.30. The maximum atomic E-state index is 14.0. The summed E-state index contributed by atoms with van der Waals surface area (Å²) in [5.41, 5.74) is 0.744. The van der Waals surface area contributed by atoms with E-state index >= 15 is 0 Å². The van der Waals surface area contributed by atoms with Crippen LogP contribution in [0, 0.1) is 17.1 Å². The smallest absolute Gasteiger partial charge is 0.149 e. The van der Waals surface area contributed by atoms with Gasteiger partial charge in [-0.25, -0.2) is 4.39 Å². The van der Waals surface area contributed by atoms with Crippen LogP contribution in [0.2, 0.25) is 15.1 Å². The highest BCUT2D eigenvalue weighted by molar-refractivity contribution is 6.46. The Balaban J connectivity index is 2.60. The minimum absolute atomic E-state index is 0.0131. The predicted octanol–water partition coefficient (Wildman–Crippen LogP) is 4.91. The van der Waals surface area contributed by atoms with Gasteiger partial charge in [-0.1, -0.05) is 34.8 Å². The number of nitriles is 1. The molecule has 2 nitrogen and oxygen atoms in total. The van der Waals surface area contributed by atoms with Crippen molar-refractivity contribution in [3.05, 3.63) is 50.8 Å². The minimum atomic E-state index is -0.598. The summed E-state index contributed by atoms with van der Waals surface area (Å²) in [6.07, 6.45) is 1.50. The van der Waals surface area contributed by atoms with E-state index in [0.29, 0.717) is 5.56 Å². The van der Waals surface area contributed by atoms with Gasteiger partial charge in [0, 0.05) is 11.8 Å². The molecule has 0 aliphatic carbocycles. The molecule has 0 bridgehead atoms. The van der Waals surface area contributed by atoms with Gasteiger partial charge < -0.3 is 0 Å². The van der Waals surface area contributed by atoms with Crippen LogP contribution in [0.15, 0.2) is 24.4 Å². The van der Waals surface area contributed by atoms with Crippen LogP contribution in [0.25, 0.3) is 11.3 Å². The molecule has 6 heteroatoms. The zero-order valence-corrected chi connectivity index (χ0v) is 11.7. The summed E-state index contributed by atoms with van der Waals surface area (Å²) >= 11 is 17.9. The minimum Gasteiger partial charge on any atom is -0.253 e. The van der Waals surface area contributed by atoms with E-state index < -0.39 is 5.82 Å². The van der Waals surface area contributed by atoms with E-state index in [0.717, 1.165) is 0 Å². The first kappa shape index (κ1) is 14.1. The number of nitrogens with zero attached hydrogens (tertiary/aromatic N) is 2. The molecule has 0 amide bonds. The van der Waals surface area contributed by atoms with Crippen LogP contribution in [0.4, 0.5) is 4.39 Å². The number of aromatic nitrogens is 1. The normalized spacial score (nSPS) is 10.3. The standard InChI is InChI=1S/C13H6Cl3FN2/c14-8-1-2-9(15)12(16)11(8)13-10(17)5-7(3-4-18)6-19-13/h1-2,5-6H,3H2. The maximum Gasteiger partial charge on any atom is 0.149 e. The molecule has 0 atom stereocenters.